The molecule has 1 aromatic heterocycles. The molecule has 0 spiro atoms. The van der Waals surface area contributed by atoms with E-state index in [1.807, 2.05) is 6.20 Å². The highest BCUT2D eigenvalue weighted by Gasteiger charge is 2.27. The molecular formula is C24H32N4O. The summed E-state index contributed by atoms with van der Waals surface area (Å²) in [6.45, 7) is 8.04. The second-order valence-corrected chi connectivity index (χ2v) is 8.84. The molecule has 2 atom stereocenters. The predicted octanol–water partition coefficient (Wildman–Crippen LogP) is 4.81. The van der Waals surface area contributed by atoms with Crippen molar-refractivity contribution in [3.63, 3.8) is 0 Å². The first-order chi connectivity index (χ1) is 14.3. The molecule has 2 fully saturated rings. The highest BCUT2D eigenvalue weighted by molar-refractivity contribution is 5.81. The molecule has 1 N–H and O–H groups in total. The number of nitrogens with zero attached hydrogens (tertiary/aromatic N) is 3. The lowest BCUT2D eigenvalue weighted by Gasteiger charge is -2.36. The number of pyridine rings is 1. The first kappa shape index (κ1) is 18.7. The molecule has 1 saturated heterocycles. The lowest BCUT2D eigenvalue weighted by atomic mass is 9.80. The number of ether oxygens (including phenoxy) is 1. The van der Waals surface area contributed by atoms with Crippen LogP contribution in [0.25, 0.3) is 0 Å². The van der Waals surface area contributed by atoms with Crippen molar-refractivity contribution in [1.29, 1.82) is 0 Å². The maximum atomic E-state index is 5.56. The number of rotatable bonds is 3. The summed E-state index contributed by atoms with van der Waals surface area (Å²) in [5, 5.41) is 3.62. The number of hydrogen-bond acceptors (Lipinski definition) is 5. The molecule has 2 aliphatic heterocycles. The minimum absolute atomic E-state index is 0.766. The zero-order valence-corrected chi connectivity index (χ0v) is 17.4. The molecule has 1 saturated carbocycles. The fraction of sp³-hybridized carbons (Fsp3) is 0.542. The monoisotopic (exact) mass is 392 g/mol. The maximum Gasteiger partial charge on any atom is 0.135 e. The Hall–Kier alpha value is -2.27. The van der Waals surface area contributed by atoms with Gasteiger partial charge in [0.25, 0.3) is 0 Å². The molecule has 1 aliphatic carbocycles. The van der Waals surface area contributed by atoms with Crippen LogP contribution in [-0.2, 0) is 11.3 Å². The smallest absolute Gasteiger partial charge is 0.135 e. The van der Waals surface area contributed by atoms with Crippen LogP contribution in [0.15, 0.2) is 36.5 Å². The topological polar surface area (TPSA) is 40.6 Å². The summed E-state index contributed by atoms with van der Waals surface area (Å²) < 4.78 is 5.56. The van der Waals surface area contributed by atoms with Gasteiger partial charge in [-0.05, 0) is 42.5 Å². The number of nitrogens with one attached hydrogen (secondary N) is 1. The van der Waals surface area contributed by atoms with Crippen LogP contribution in [0.5, 0.6) is 0 Å². The predicted molar refractivity (Wildman–Crippen MR) is 119 cm³/mol. The molecule has 2 unspecified atom stereocenters. The molecular weight excluding hydrogens is 360 g/mol. The van der Waals surface area contributed by atoms with Crippen molar-refractivity contribution in [2.24, 2.45) is 11.8 Å². The summed E-state index contributed by atoms with van der Waals surface area (Å²) in [5.41, 5.74) is 5.06. The first-order valence-corrected chi connectivity index (χ1v) is 11.2. The van der Waals surface area contributed by atoms with Gasteiger partial charge in [0.15, 0.2) is 0 Å². The number of benzene rings is 1. The Morgan fingerprint density at radius 2 is 2.00 bits per heavy atom. The summed E-state index contributed by atoms with van der Waals surface area (Å²) in [6, 6.07) is 11.1. The van der Waals surface area contributed by atoms with Gasteiger partial charge in [0.1, 0.15) is 5.82 Å². The van der Waals surface area contributed by atoms with E-state index in [2.05, 4.69) is 57.4 Å². The molecule has 5 heteroatoms. The zero-order chi connectivity index (χ0) is 19.6. The standard InChI is InChI=1S/C24H32N4O/c1-18-5-2-3-6-19(18)16-28-17-20-7-4-10-25-24(20)26-22-9-8-21(15-23(22)28)27-11-13-29-14-12-27/h4,7-10,15,18-19H,2-3,5-6,11-14,16-17H2,1H3,(H,25,26). The Bertz CT molecular complexity index is 849. The average Bonchev–Trinajstić information content (AvgIpc) is 2.92. The molecule has 0 amide bonds. The lowest BCUT2D eigenvalue weighted by Crippen LogP contribution is -2.36. The minimum atomic E-state index is 0.766. The van der Waals surface area contributed by atoms with Crippen LogP contribution >= 0.6 is 0 Å². The number of aromatic nitrogens is 1. The average molecular weight is 393 g/mol. The van der Waals surface area contributed by atoms with E-state index in [4.69, 9.17) is 4.74 Å². The maximum absolute atomic E-state index is 5.56. The Kier molecular flexibility index (Phi) is 5.32. The quantitative estimate of drug-likeness (QED) is 0.812. The SMILES string of the molecule is CC1CCCCC1CN1Cc2cccnc2Nc2ccc(N3CCOCC3)cc21. The van der Waals surface area contributed by atoms with Crippen molar-refractivity contribution in [2.75, 3.05) is 48.0 Å². The summed E-state index contributed by atoms with van der Waals surface area (Å²) in [6.07, 6.45) is 7.37. The van der Waals surface area contributed by atoms with Crippen LogP contribution in [0.2, 0.25) is 0 Å². The van der Waals surface area contributed by atoms with Crippen molar-refractivity contribution < 1.29 is 4.74 Å². The van der Waals surface area contributed by atoms with Crippen LogP contribution in [0.3, 0.4) is 0 Å². The van der Waals surface area contributed by atoms with Crippen LogP contribution in [0.1, 0.15) is 38.2 Å². The Balaban J connectivity index is 1.50. The molecule has 2 aromatic rings. The van der Waals surface area contributed by atoms with E-state index in [1.54, 1.807) is 0 Å². The van der Waals surface area contributed by atoms with Gasteiger partial charge < -0.3 is 19.9 Å². The first-order valence-electron chi connectivity index (χ1n) is 11.2. The summed E-state index contributed by atoms with van der Waals surface area (Å²) >= 11 is 0. The van der Waals surface area contributed by atoms with Gasteiger partial charge >= 0.3 is 0 Å². The highest BCUT2D eigenvalue weighted by atomic mass is 16.5. The van der Waals surface area contributed by atoms with Gasteiger partial charge in [-0.1, -0.05) is 32.3 Å². The van der Waals surface area contributed by atoms with Crippen LogP contribution < -0.4 is 15.1 Å². The van der Waals surface area contributed by atoms with Gasteiger partial charge in [-0.25, -0.2) is 4.98 Å². The molecule has 3 heterocycles. The fourth-order valence-electron chi connectivity index (χ4n) is 5.11. The van der Waals surface area contributed by atoms with E-state index in [-0.39, 0.29) is 0 Å². The lowest BCUT2D eigenvalue weighted by molar-refractivity contribution is 0.122. The normalized spacial score (nSPS) is 24.3. The molecule has 3 aliphatic rings. The van der Waals surface area contributed by atoms with E-state index in [1.165, 1.54) is 48.3 Å². The molecule has 5 rings (SSSR count). The third-order valence-electron chi connectivity index (χ3n) is 6.95. The van der Waals surface area contributed by atoms with E-state index in [0.29, 0.717) is 0 Å². The van der Waals surface area contributed by atoms with Crippen molar-refractivity contribution in [3.8, 4) is 0 Å². The molecule has 0 bridgehead atoms. The summed E-state index contributed by atoms with van der Waals surface area (Å²) in [7, 11) is 0. The minimum Gasteiger partial charge on any atom is -0.378 e. The van der Waals surface area contributed by atoms with Gasteiger partial charge in [-0.2, -0.15) is 0 Å². The van der Waals surface area contributed by atoms with Gasteiger partial charge in [0.2, 0.25) is 0 Å². The van der Waals surface area contributed by atoms with Gasteiger partial charge in [-0.15, -0.1) is 0 Å². The van der Waals surface area contributed by atoms with Gasteiger partial charge in [0, 0.05) is 43.6 Å². The fourth-order valence-corrected chi connectivity index (χ4v) is 5.11. The van der Waals surface area contributed by atoms with Crippen molar-refractivity contribution in [3.05, 3.63) is 42.1 Å². The Morgan fingerprint density at radius 3 is 2.86 bits per heavy atom. The van der Waals surface area contributed by atoms with E-state index in [9.17, 15) is 0 Å². The van der Waals surface area contributed by atoms with Crippen molar-refractivity contribution in [1.82, 2.24) is 4.98 Å². The van der Waals surface area contributed by atoms with Crippen molar-refractivity contribution >= 4 is 22.9 Å². The van der Waals surface area contributed by atoms with Crippen LogP contribution in [-0.4, -0.2) is 37.8 Å². The largest absolute Gasteiger partial charge is 0.378 e. The second-order valence-electron chi connectivity index (χ2n) is 8.84. The number of morpholine rings is 1. The Morgan fingerprint density at radius 1 is 1.14 bits per heavy atom. The van der Waals surface area contributed by atoms with Crippen LogP contribution in [0, 0.1) is 11.8 Å². The number of anilines is 4. The summed E-state index contributed by atoms with van der Waals surface area (Å²) in [5.74, 6) is 2.56. The molecule has 1 aromatic carbocycles. The summed E-state index contributed by atoms with van der Waals surface area (Å²) in [4.78, 5) is 9.67. The number of fused-ring (bicyclic) bond motifs is 2. The van der Waals surface area contributed by atoms with E-state index in [0.717, 1.165) is 57.0 Å². The third kappa shape index (κ3) is 3.93. The Labute approximate surface area is 174 Å². The number of hydrogen-bond donors (Lipinski definition) is 1. The van der Waals surface area contributed by atoms with E-state index >= 15 is 0 Å². The van der Waals surface area contributed by atoms with Crippen LogP contribution in [0.4, 0.5) is 22.9 Å². The van der Waals surface area contributed by atoms with Gasteiger partial charge in [-0.3, -0.25) is 0 Å². The molecule has 154 valence electrons. The zero-order valence-electron chi connectivity index (χ0n) is 17.4. The molecule has 5 nitrogen and oxygen atoms in total. The van der Waals surface area contributed by atoms with E-state index < -0.39 is 0 Å². The second kappa shape index (κ2) is 8.23. The molecule has 0 radical (unpaired) electrons. The third-order valence-corrected chi connectivity index (χ3v) is 6.95. The molecule has 29 heavy (non-hydrogen) atoms. The van der Waals surface area contributed by atoms with Crippen molar-refractivity contribution in [2.45, 2.75) is 39.2 Å². The highest BCUT2D eigenvalue weighted by Crippen LogP contribution is 2.40. The van der Waals surface area contributed by atoms with Gasteiger partial charge in [0.05, 0.1) is 24.6 Å².